The van der Waals surface area contributed by atoms with Gasteiger partial charge in [-0.3, -0.25) is 0 Å². The summed E-state index contributed by atoms with van der Waals surface area (Å²) < 4.78 is 37.0. The quantitative estimate of drug-likeness (QED) is 0.720. The Hall–Kier alpha value is -0.250. The Labute approximate surface area is 75.9 Å². The summed E-state index contributed by atoms with van der Waals surface area (Å²) in [4.78, 5) is 0. The number of aliphatic hydroxyl groups is 1. The van der Waals surface area contributed by atoms with Crippen molar-refractivity contribution in [3.8, 4) is 0 Å². The van der Waals surface area contributed by atoms with Crippen LogP contribution in [0, 0.1) is 11.8 Å². The lowest BCUT2D eigenvalue weighted by molar-refractivity contribution is -0.201. The molecule has 0 saturated heterocycles. The zero-order valence-electron chi connectivity index (χ0n) is 7.48. The lowest BCUT2D eigenvalue weighted by Crippen LogP contribution is -2.34. The number of hydrogen-bond acceptors (Lipinski definition) is 1. The first-order chi connectivity index (χ1) is 6.05. The van der Waals surface area contributed by atoms with Crippen molar-refractivity contribution in [3.63, 3.8) is 0 Å². The Balaban J connectivity index is 2.54. The highest BCUT2D eigenvalue weighted by Crippen LogP contribution is 2.38. The molecule has 0 aromatic heterocycles. The van der Waals surface area contributed by atoms with E-state index in [1.54, 1.807) is 0 Å². The van der Waals surface area contributed by atoms with Crippen LogP contribution in [0.25, 0.3) is 0 Å². The highest BCUT2D eigenvalue weighted by atomic mass is 19.4. The van der Waals surface area contributed by atoms with E-state index in [0.717, 1.165) is 19.3 Å². The van der Waals surface area contributed by atoms with E-state index in [0.29, 0.717) is 12.8 Å². The van der Waals surface area contributed by atoms with Crippen LogP contribution in [-0.4, -0.2) is 17.9 Å². The van der Waals surface area contributed by atoms with Crippen molar-refractivity contribution in [2.75, 3.05) is 6.61 Å². The number of halogens is 3. The van der Waals surface area contributed by atoms with Gasteiger partial charge in [0.15, 0.2) is 0 Å². The molecule has 0 aromatic rings. The molecule has 1 aliphatic carbocycles. The predicted molar refractivity (Wildman–Crippen MR) is 43.2 cm³/mol. The summed E-state index contributed by atoms with van der Waals surface area (Å²) in [6.07, 6.45) is -0.215. The normalized spacial score (nSPS) is 23.1. The van der Waals surface area contributed by atoms with Gasteiger partial charge in [-0.05, 0) is 18.8 Å². The number of rotatable bonds is 2. The molecule has 0 aromatic carbocycles. The summed E-state index contributed by atoms with van der Waals surface area (Å²) in [7, 11) is 0. The van der Waals surface area contributed by atoms with E-state index in [2.05, 4.69) is 0 Å². The molecule has 1 atom stereocenters. The van der Waals surface area contributed by atoms with Crippen LogP contribution >= 0.6 is 0 Å². The molecular formula is C9H15F3O. The van der Waals surface area contributed by atoms with Crippen LogP contribution in [0.5, 0.6) is 0 Å². The fourth-order valence-electron chi connectivity index (χ4n) is 2.06. The smallest absolute Gasteiger partial charge is 0.394 e. The Kier molecular flexibility index (Phi) is 3.59. The molecule has 13 heavy (non-hydrogen) atoms. The highest BCUT2D eigenvalue weighted by molar-refractivity contribution is 4.78. The van der Waals surface area contributed by atoms with Gasteiger partial charge in [-0.15, -0.1) is 0 Å². The third-order valence-corrected chi connectivity index (χ3v) is 2.84. The van der Waals surface area contributed by atoms with Gasteiger partial charge in [0.25, 0.3) is 0 Å². The van der Waals surface area contributed by atoms with Crippen LogP contribution in [0.3, 0.4) is 0 Å². The Morgan fingerprint density at radius 1 is 1.15 bits per heavy atom. The molecule has 1 unspecified atom stereocenters. The maximum atomic E-state index is 12.3. The van der Waals surface area contributed by atoms with E-state index in [1.165, 1.54) is 0 Å². The summed E-state index contributed by atoms with van der Waals surface area (Å²) in [5.74, 6) is -1.84. The molecule has 1 N–H and O–H groups in total. The van der Waals surface area contributed by atoms with Gasteiger partial charge in [-0.2, -0.15) is 13.2 Å². The van der Waals surface area contributed by atoms with Crippen molar-refractivity contribution in [1.29, 1.82) is 0 Å². The van der Waals surface area contributed by atoms with Gasteiger partial charge >= 0.3 is 6.18 Å². The van der Waals surface area contributed by atoms with Crippen LogP contribution in [0.2, 0.25) is 0 Å². The fraction of sp³-hybridized carbons (Fsp3) is 1.00. The van der Waals surface area contributed by atoms with Gasteiger partial charge in [0.1, 0.15) is 0 Å². The van der Waals surface area contributed by atoms with Gasteiger partial charge in [0.2, 0.25) is 0 Å². The molecule has 1 nitrogen and oxygen atoms in total. The predicted octanol–water partition coefficient (Wildman–Crippen LogP) is 2.74. The molecule has 0 bridgehead atoms. The van der Waals surface area contributed by atoms with Crippen molar-refractivity contribution in [2.45, 2.75) is 38.3 Å². The van der Waals surface area contributed by atoms with E-state index in [1.807, 2.05) is 0 Å². The molecule has 1 aliphatic rings. The third-order valence-electron chi connectivity index (χ3n) is 2.84. The van der Waals surface area contributed by atoms with Crippen molar-refractivity contribution in [1.82, 2.24) is 0 Å². The first-order valence-electron chi connectivity index (χ1n) is 4.73. The molecule has 1 fully saturated rings. The zero-order valence-corrected chi connectivity index (χ0v) is 7.48. The Morgan fingerprint density at radius 3 is 2.08 bits per heavy atom. The molecule has 0 radical (unpaired) electrons. The van der Waals surface area contributed by atoms with Crippen LogP contribution in [0.4, 0.5) is 13.2 Å². The first-order valence-corrected chi connectivity index (χ1v) is 4.73. The minimum absolute atomic E-state index is 0.348. The van der Waals surface area contributed by atoms with Gasteiger partial charge in [-0.1, -0.05) is 19.3 Å². The van der Waals surface area contributed by atoms with Crippen molar-refractivity contribution in [3.05, 3.63) is 0 Å². The number of hydrogen-bond donors (Lipinski definition) is 1. The summed E-state index contributed by atoms with van der Waals surface area (Å²) in [6, 6.07) is 0. The molecule has 78 valence electrons. The number of alkyl halides is 3. The maximum absolute atomic E-state index is 12.3. The van der Waals surface area contributed by atoms with Crippen LogP contribution in [0.1, 0.15) is 32.1 Å². The van der Waals surface area contributed by atoms with E-state index in [9.17, 15) is 13.2 Å². The van der Waals surface area contributed by atoms with Gasteiger partial charge < -0.3 is 5.11 Å². The largest absolute Gasteiger partial charge is 0.396 e. The Morgan fingerprint density at radius 2 is 1.69 bits per heavy atom. The molecule has 0 spiro atoms. The van der Waals surface area contributed by atoms with Crippen LogP contribution in [0.15, 0.2) is 0 Å². The van der Waals surface area contributed by atoms with Crippen LogP contribution in [-0.2, 0) is 0 Å². The monoisotopic (exact) mass is 196 g/mol. The van der Waals surface area contributed by atoms with E-state index < -0.39 is 18.7 Å². The average molecular weight is 196 g/mol. The zero-order chi connectivity index (χ0) is 9.90. The second-order valence-corrected chi connectivity index (χ2v) is 3.73. The minimum atomic E-state index is -4.23. The minimum Gasteiger partial charge on any atom is -0.396 e. The van der Waals surface area contributed by atoms with Gasteiger partial charge in [0.05, 0.1) is 12.5 Å². The second-order valence-electron chi connectivity index (χ2n) is 3.73. The van der Waals surface area contributed by atoms with Crippen molar-refractivity contribution in [2.24, 2.45) is 11.8 Å². The van der Waals surface area contributed by atoms with E-state index in [4.69, 9.17) is 5.11 Å². The van der Waals surface area contributed by atoms with Gasteiger partial charge in [0, 0.05) is 0 Å². The molecule has 4 heteroatoms. The SMILES string of the molecule is OCC(C1CCCCC1)C(F)(F)F. The van der Waals surface area contributed by atoms with E-state index in [-0.39, 0.29) is 5.92 Å². The lowest BCUT2D eigenvalue weighted by Gasteiger charge is -2.30. The lowest BCUT2D eigenvalue weighted by atomic mass is 9.80. The maximum Gasteiger partial charge on any atom is 0.394 e. The summed E-state index contributed by atoms with van der Waals surface area (Å²) >= 11 is 0. The third kappa shape index (κ3) is 2.86. The first kappa shape index (κ1) is 10.8. The molecule has 1 rings (SSSR count). The molecular weight excluding hydrogens is 181 g/mol. The van der Waals surface area contributed by atoms with Crippen molar-refractivity contribution >= 4 is 0 Å². The van der Waals surface area contributed by atoms with Crippen molar-refractivity contribution < 1.29 is 18.3 Å². The standard InChI is InChI=1S/C9H15F3O/c10-9(11,12)8(6-13)7-4-2-1-3-5-7/h7-8,13H,1-6H2. The second kappa shape index (κ2) is 4.31. The highest BCUT2D eigenvalue weighted by Gasteiger charge is 2.43. The van der Waals surface area contributed by atoms with Gasteiger partial charge in [-0.25, -0.2) is 0 Å². The van der Waals surface area contributed by atoms with E-state index >= 15 is 0 Å². The topological polar surface area (TPSA) is 20.2 Å². The molecule has 1 saturated carbocycles. The molecule has 0 amide bonds. The summed E-state index contributed by atoms with van der Waals surface area (Å²) in [5, 5.41) is 8.69. The Bertz CT molecular complexity index is 149. The number of aliphatic hydroxyl groups excluding tert-OH is 1. The summed E-state index contributed by atoms with van der Waals surface area (Å²) in [6.45, 7) is -0.756. The fourth-order valence-corrected chi connectivity index (χ4v) is 2.06. The molecule has 0 heterocycles. The molecule has 0 aliphatic heterocycles. The average Bonchev–Trinajstić information content (AvgIpc) is 2.05. The summed E-state index contributed by atoms with van der Waals surface area (Å²) in [5.41, 5.74) is 0. The van der Waals surface area contributed by atoms with Crippen LogP contribution < -0.4 is 0 Å².